The van der Waals surface area contributed by atoms with Crippen molar-refractivity contribution in [2.75, 3.05) is 39.3 Å². The maximum atomic E-state index is 13.6. The third kappa shape index (κ3) is 4.46. The highest BCUT2D eigenvalue weighted by atomic mass is 16.5. The number of nitrogens with zero attached hydrogens (tertiary/aromatic N) is 5. The van der Waals surface area contributed by atoms with Crippen molar-refractivity contribution < 1.29 is 14.3 Å². The summed E-state index contributed by atoms with van der Waals surface area (Å²) >= 11 is 0. The predicted octanol–water partition coefficient (Wildman–Crippen LogP) is 0.561. The van der Waals surface area contributed by atoms with Crippen molar-refractivity contribution in [2.45, 2.75) is 25.5 Å². The van der Waals surface area contributed by atoms with E-state index in [1.807, 2.05) is 39.8 Å². The van der Waals surface area contributed by atoms with Gasteiger partial charge in [-0.25, -0.2) is 0 Å². The number of hydrogen-bond donors (Lipinski definition) is 1. The molecular formula is C24H28N6O4. The van der Waals surface area contributed by atoms with Crippen molar-refractivity contribution in [1.29, 1.82) is 0 Å². The van der Waals surface area contributed by atoms with Crippen LogP contribution in [0.3, 0.4) is 0 Å². The van der Waals surface area contributed by atoms with Crippen molar-refractivity contribution >= 4 is 11.8 Å². The van der Waals surface area contributed by atoms with Crippen LogP contribution in [-0.4, -0.2) is 81.4 Å². The molecule has 4 aliphatic rings. The molecule has 2 saturated heterocycles. The Hall–Kier alpha value is -3.50. The number of piperazine rings is 1. The molecule has 1 aromatic rings. The molecule has 0 spiro atoms. The molecule has 0 radical (unpaired) electrons. The predicted molar refractivity (Wildman–Crippen MR) is 125 cm³/mol. The second kappa shape index (κ2) is 9.40. The summed E-state index contributed by atoms with van der Waals surface area (Å²) in [5.74, 6) is -0.558. The summed E-state index contributed by atoms with van der Waals surface area (Å²) in [5.41, 5.74) is 6.88. The van der Waals surface area contributed by atoms with Gasteiger partial charge in [-0.1, -0.05) is 18.2 Å². The van der Waals surface area contributed by atoms with Gasteiger partial charge in [-0.05, 0) is 25.0 Å². The molecule has 5 rings (SSSR count). The van der Waals surface area contributed by atoms with E-state index in [1.54, 1.807) is 17.3 Å². The summed E-state index contributed by atoms with van der Waals surface area (Å²) in [5, 5.41) is 4.57. The van der Waals surface area contributed by atoms with Crippen LogP contribution in [0.2, 0.25) is 0 Å². The average Bonchev–Trinajstić information content (AvgIpc) is 3.47. The molecule has 4 heterocycles. The normalized spacial score (nSPS) is 19.1. The third-order valence-electron chi connectivity index (χ3n) is 6.43. The number of aromatic nitrogens is 3. The maximum absolute atomic E-state index is 13.6. The molecule has 0 aliphatic carbocycles. The van der Waals surface area contributed by atoms with Gasteiger partial charge < -0.3 is 19.9 Å². The number of benzene rings is 1. The molecule has 2 N–H and O–H groups in total. The van der Waals surface area contributed by atoms with Crippen LogP contribution in [0.15, 0.2) is 47.5 Å². The summed E-state index contributed by atoms with van der Waals surface area (Å²) in [7, 11) is 0. The van der Waals surface area contributed by atoms with Gasteiger partial charge in [0.05, 0.1) is 29.5 Å². The lowest BCUT2D eigenvalue weighted by Crippen LogP contribution is -2.50. The Morgan fingerprint density at radius 3 is 2.53 bits per heavy atom. The summed E-state index contributed by atoms with van der Waals surface area (Å²) < 4.78 is 9.01. The van der Waals surface area contributed by atoms with Crippen molar-refractivity contribution in [3.8, 4) is 16.9 Å². The smallest absolute Gasteiger partial charge is 0.282 e. The Balaban J connectivity index is 1.50. The molecule has 0 saturated carbocycles. The number of amides is 2. The molecule has 1 aromatic carbocycles. The van der Waals surface area contributed by atoms with Gasteiger partial charge in [0.25, 0.3) is 11.5 Å². The molecule has 2 fully saturated rings. The van der Waals surface area contributed by atoms with Crippen LogP contribution in [-0.2, 0) is 16.1 Å². The lowest BCUT2D eigenvalue weighted by atomic mass is 10.1. The lowest BCUT2D eigenvalue weighted by Gasteiger charge is -2.34. The SMILES string of the molecule is NC(=O)CN1CCN(C(=O)c2cn(C[C@@H]3CCCO3)cc3c(=O)n(-c4ccccc4)nc2-3)CC1. The number of nitrogens with two attached hydrogens (primary N) is 1. The highest BCUT2D eigenvalue weighted by Gasteiger charge is 2.30. The van der Waals surface area contributed by atoms with Gasteiger partial charge in [0.1, 0.15) is 5.69 Å². The zero-order valence-electron chi connectivity index (χ0n) is 18.9. The van der Waals surface area contributed by atoms with Gasteiger partial charge in [-0.2, -0.15) is 9.78 Å². The summed E-state index contributed by atoms with van der Waals surface area (Å²) in [4.78, 5) is 41.8. The van der Waals surface area contributed by atoms with E-state index in [9.17, 15) is 14.4 Å². The summed E-state index contributed by atoms with van der Waals surface area (Å²) in [6, 6.07) is 9.19. The zero-order chi connectivity index (χ0) is 23.7. The molecule has 10 nitrogen and oxygen atoms in total. The first-order valence-electron chi connectivity index (χ1n) is 11.6. The second-order valence-corrected chi connectivity index (χ2v) is 8.85. The number of fused-ring (bicyclic) bond motifs is 1. The molecular weight excluding hydrogens is 436 g/mol. The van der Waals surface area contributed by atoms with Gasteiger partial charge in [-0.3, -0.25) is 19.3 Å². The molecule has 1 atom stereocenters. The van der Waals surface area contributed by atoms with Crippen molar-refractivity contribution in [3.63, 3.8) is 0 Å². The number of ether oxygens (including phenoxy) is 1. The maximum Gasteiger partial charge on any atom is 0.282 e. The Kier molecular flexibility index (Phi) is 6.16. The second-order valence-electron chi connectivity index (χ2n) is 8.85. The quantitative estimate of drug-likeness (QED) is 0.570. The van der Waals surface area contributed by atoms with Crippen molar-refractivity contribution in [1.82, 2.24) is 24.1 Å². The first-order chi connectivity index (χ1) is 16.5. The van der Waals surface area contributed by atoms with Crippen LogP contribution in [0.5, 0.6) is 0 Å². The van der Waals surface area contributed by atoms with Gasteiger partial charge in [-0.15, -0.1) is 0 Å². The first kappa shape index (κ1) is 22.3. The summed E-state index contributed by atoms with van der Waals surface area (Å²) in [6.45, 7) is 3.54. The van der Waals surface area contributed by atoms with Gasteiger partial charge in [0, 0.05) is 51.7 Å². The molecule has 34 heavy (non-hydrogen) atoms. The monoisotopic (exact) mass is 464 g/mol. The Morgan fingerprint density at radius 2 is 1.85 bits per heavy atom. The van der Waals surface area contributed by atoms with Crippen molar-refractivity contribution in [3.05, 3.63) is 58.6 Å². The van der Waals surface area contributed by atoms with E-state index in [-0.39, 0.29) is 30.0 Å². The minimum Gasteiger partial charge on any atom is -0.376 e. The van der Waals surface area contributed by atoms with Crippen molar-refractivity contribution in [2.24, 2.45) is 5.73 Å². The highest BCUT2D eigenvalue weighted by molar-refractivity contribution is 6.00. The molecule has 0 bridgehead atoms. The van der Waals surface area contributed by atoms with Crippen LogP contribution in [0, 0.1) is 0 Å². The number of primary amides is 1. The minimum atomic E-state index is -0.380. The minimum absolute atomic E-state index is 0.0574. The van der Waals surface area contributed by atoms with Crippen LogP contribution in [0.4, 0.5) is 0 Å². The van der Waals surface area contributed by atoms with E-state index in [0.29, 0.717) is 55.2 Å². The molecule has 0 unspecified atom stereocenters. The fraction of sp³-hybridized carbons (Fsp3) is 0.417. The highest BCUT2D eigenvalue weighted by Crippen LogP contribution is 2.25. The number of carbonyl (C=O) groups excluding carboxylic acids is 2. The molecule has 4 aliphatic heterocycles. The number of pyridine rings is 1. The first-order valence-corrected chi connectivity index (χ1v) is 11.6. The Morgan fingerprint density at radius 1 is 1.09 bits per heavy atom. The lowest BCUT2D eigenvalue weighted by molar-refractivity contribution is -0.119. The fourth-order valence-electron chi connectivity index (χ4n) is 4.69. The average molecular weight is 465 g/mol. The van der Waals surface area contributed by atoms with Crippen LogP contribution < -0.4 is 11.3 Å². The van der Waals surface area contributed by atoms with E-state index in [4.69, 9.17) is 10.5 Å². The standard InChI is InChI=1S/C24H28N6O4/c25-21(31)16-27-8-10-29(11-9-27)23(32)19-14-28(13-18-7-4-12-34-18)15-20-22(19)26-30(24(20)33)17-5-2-1-3-6-17/h1-3,5-6,14-15,18H,4,7-13,16H2,(H2,25,31)/t18-/m0/s1. The van der Waals surface area contributed by atoms with E-state index < -0.39 is 0 Å². The largest absolute Gasteiger partial charge is 0.376 e. The Bertz CT molecular complexity index is 1210. The third-order valence-corrected chi connectivity index (χ3v) is 6.43. The molecule has 0 aromatic heterocycles. The van der Waals surface area contributed by atoms with E-state index >= 15 is 0 Å². The molecule has 178 valence electrons. The molecule has 10 heteroatoms. The van der Waals surface area contributed by atoms with E-state index in [1.165, 1.54) is 4.68 Å². The summed E-state index contributed by atoms with van der Waals surface area (Å²) in [6.07, 6.45) is 5.57. The van der Waals surface area contributed by atoms with E-state index in [0.717, 1.165) is 19.4 Å². The topological polar surface area (TPSA) is 116 Å². The van der Waals surface area contributed by atoms with Crippen LogP contribution in [0.25, 0.3) is 16.9 Å². The van der Waals surface area contributed by atoms with Gasteiger partial charge >= 0.3 is 0 Å². The van der Waals surface area contributed by atoms with Crippen LogP contribution in [0.1, 0.15) is 23.2 Å². The number of hydrogen-bond acceptors (Lipinski definition) is 6. The van der Waals surface area contributed by atoms with E-state index in [2.05, 4.69) is 5.10 Å². The Labute approximate surface area is 196 Å². The van der Waals surface area contributed by atoms with Gasteiger partial charge in [0.2, 0.25) is 5.91 Å². The number of carbonyl (C=O) groups is 2. The molecule has 2 amide bonds. The number of para-hydroxylation sites is 1. The fourth-order valence-corrected chi connectivity index (χ4v) is 4.69. The van der Waals surface area contributed by atoms with Crippen LogP contribution >= 0.6 is 0 Å². The number of rotatable bonds is 6. The van der Waals surface area contributed by atoms with Gasteiger partial charge in [0.15, 0.2) is 0 Å². The zero-order valence-corrected chi connectivity index (χ0v) is 18.9.